The van der Waals surface area contributed by atoms with Crippen molar-refractivity contribution in [3.8, 4) is 22.5 Å². The van der Waals surface area contributed by atoms with E-state index < -0.39 is 11.6 Å². The first kappa shape index (κ1) is 27.2. The number of benzene rings is 2. The number of nitrogens with zero attached hydrogens (tertiary/aromatic N) is 5. The zero-order valence-corrected chi connectivity index (χ0v) is 22.3. The van der Waals surface area contributed by atoms with Crippen molar-refractivity contribution in [3.05, 3.63) is 71.3 Å². The molecule has 0 unspecified atom stereocenters. The van der Waals surface area contributed by atoms with Gasteiger partial charge in [-0.3, -0.25) is 0 Å². The zero-order chi connectivity index (χ0) is 27.1. The van der Waals surface area contributed by atoms with E-state index >= 15 is 0 Å². The van der Waals surface area contributed by atoms with Crippen molar-refractivity contribution >= 4 is 5.97 Å². The Morgan fingerprint density at radius 3 is 2.37 bits per heavy atom. The van der Waals surface area contributed by atoms with Crippen molar-refractivity contribution < 1.29 is 19.4 Å². The molecule has 0 saturated carbocycles. The van der Waals surface area contributed by atoms with Crippen molar-refractivity contribution in [1.82, 2.24) is 30.2 Å². The number of aromatic amines is 1. The van der Waals surface area contributed by atoms with E-state index in [4.69, 9.17) is 9.47 Å². The van der Waals surface area contributed by atoms with Crippen LogP contribution in [0.2, 0.25) is 0 Å². The summed E-state index contributed by atoms with van der Waals surface area (Å²) in [6.07, 6.45) is 1.55. The van der Waals surface area contributed by atoms with E-state index in [0.717, 1.165) is 28.7 Å². The molecule has 38 heavy (non-hydrogen) atoms. The van der Waals surface area contributed by atoms with E-state index in [1.165, 1.54) is 0 Å². The van der Waals surface area contributed by atoms with Crippen molar-refractivity contribution in [2.45, 2.75) is 59.3 Å². The van der Waals surface area contributed by atoms with Gasteiger partial charge in [0.15, 0.2) is 5.69 Å². The second-order valence-electron chi connectivity index (χ2n) is 9.54. The third-order valence-corrected chi connectivity index (χ3v) is 5.96. The molecule has 0 aliphatic heterocycles. The Balaban J connectivity index is 1.70. The van der Waals surface area contributed by atoms with E-state index in [1.807, 2.05) is 62.4 Å². The number of aromatic nitrogens is 6. The summed E-state index contributed by atoms with van der Waals surface area (Å²) in [6.45, 7) is 8.61. The highest BCUT2D eigenvalue weighted by molar-refractivity contribution is 5.89. The summed E-state index contributed by atoms with van der Waals surface area (Å²) in [4.78, 5) is 17.8. The van der Waals surface area contributed by atoms with Crippen LogP contribution in [0.3, 0.4) is 0 Å². The maximum atomic E-state index is 13.2. The number of rotatable bonds is 12. The number of ether oxygens (including phenoxy) is 2. The standard InChI is InChI=1S/C28H34N6O4/c1-5-15-37-18-23-29-25(28(3,4)36)24(27(35)38-16-6-2)34(23)17-19-11-13-20(14-12-19)21-9-7-8-10-22(21)26-30-32-33-31-26/h7-14,36H,5-6,15-18H2,1-4H3,(H,30,31,32,33). The number of hydrogen-bond acceptors (Lipinski definition) is 8. The molecule has 2 heterocycles. The molecule has 10 heteroatoms. The normalized spacial score (nSPS) is 11.6. The lowest BCUT2D eigenvalue weighted by Gasteiger charge is -2.18. The second kappa shape index (κ2) is 12.1. The average Bonchev–Trinajstić information content (AvgIpc) is 3.57. The highest BCUT2D eigenvalue weighted by atomic mass is 16.5. The van der Waals surface area contributed by atoms with Gasteiger partial charge in [0.2, 0.25) is 5.82 Å². The maximum absolute atomic E-state index is 13.2. The summed E-state index contributed by atoms with van der Waals surface area (Å²) >= 11 is 0. The zero-order valence-electron chi connectivity index (χ0n) is 22.3. The van der Waals surface area contributed by atoms with Crippen LogP contribution in [0.4, 0.5) is 0 Å². The Kier molecular flexibility index (Phi) is 8.65. The van der Waals surface area contributed by atoms with E-state index in [-0.39, 0.29) is 24.6 Å². The lowest BCUT2D eigenvalue weighted by atomic mass is 9.98. The minimum Gasteiger partial charge on any atom is -0.461 e. The molecule has 0 radical (unpaired) electrons. The number of imidazole rings is 1. The molecule has 0 bridgehead atoms. The van der Waals surface area contributed by atoms with Crippen LogP contribution in [0.25, 0.3) is 22.5 Å². The van der Waals surface area contributed by atoms with Crippen molar-refractivity contribution in [2.24, 2.45) is 0 Å². The average molecular weight is 519 g/mol. The van der Waals surface area contributed by atoms with Gasteiger partial charge in [-0.1, -0.05) is 62.4 Å². The topological polar surface area (TPSA) is 128 Å². The van der Waals surface area contributed by atoms with Crippen LogP contribution in [-0.4, -0.2) is 54.5 Å². The number of aliphatic hydroxyl groups is 1. The summed E-state index contributed by atoms with van der Waals surface area (Å²) in [5.41, 5.74) is 2.97. The maximum Gasteiger partial charge on any atom is 0.357 e. The number of carbonyl (C=O) groups excluding carboxylic acids is 1. The predicted molar refractivity (Wildman–Crippen MR) is 142 cm³/mol. The SMILES string of the molecule is CCCOCc1nc(C(C)(C)O)c(C(=O)OCCC)n1Cc1ccc(-c2ccccc2-c2nn[nH]n2)cc1. The molecular formula is C28H34N6O4. The molecule has 0 aliphatic carbocycles. The number of hydrogen-bond donors (Lipinski definition) is 2. The van der Waals surface area contributed by atoms with E-state index in [1.54, 1.807) is 18.4 Å². The van der Waals surface area contributed by atoms with E-state index in [0.29, 0.717) is 31.2 Å². The molecule has 0 atom stereocenters. The van der Waals surface area contributed by atoms with Crippen LogP contribution < -0.4 is 0 Å². The molecule has 10 nitrogen and oxygen atoms in total. The number of nitrogens with one attached hydrogen (secondary N) is 1. The molecule has 2 aromatic heterocycles. The number of carbonyl (C=O) groups is 1. The lowest BCUT2D eigenvalue weighted by molar-refractivity contribution is 0.0450. The molecule has 0 aliphatic rings. The molecule has 4 rings (SSSR count). The molecule has 4 aromatic rings. The minimum atomic E-state index is -1.34. The Morgan fingerprint density at radius 1 is 1.03 bits per heavy atom. The summed E-state index contributed by atoms with van der Waals surface area (Å²) in [7, 11) is 0. The summed E-state index contributed by atoms with van der Waals surface area (Å²) in [5, 5.41) is 25.3. The van der Waals surface area contributed by atoms with Gasteiger partial charge in [0.05, 0.1) is 6.61 Å². The summed E-state index contributed by atoms with van der Waals surface area (Å²) in [5.74, 6) is 0.573. The first-order valence-corrected chi connectivity index (χ1v) is 12.8. The van der Waals surface area contributed by atoms with Gasteiger partial charge in [-0.15, -0.1) is 10.2 Å². The minimum absolute atomic E-state index is 0.216. The van der Waals surface area contributed by atoms with Gasteiger partial charge in [0.25, 0.3) is 0 Å². The quantitative estimate of drug-likeness (QED) is 0.207. The molecule has 200 valence electrons. The molecular weight excluding hydrogens is 484 g/mol. The monoisotopic (exact) mass is 518 g/mol. The third kappa shape index (κ3) is 6.15. The highest BCUT2D eigenvalue weighted by Gasteiger charge is 2.32. The largest absolute Gasteiger partial charge is 0.461 e. The van der Waals surface area contributed by atoms with E-state index in [2.05, 4.69) is 25.6 Å². The highest BCUT2D eigenvalue weighted by Crippen LogP contribution is 2.31. The van der Waals surface area contributed by atoms with Crippen molar-refractivity contribution in [1.29, 1.82) is 0 Å². The smallest absolute Gasteiger partial charge is 0.357 e. The summed E-state index contributed by atoms with van der Waals surface area (Å²) in [6, 6.07) is 15.9. The van der Waals surface area contributed by atoms with Gasteiger partial charge in [-0.05, 0) is 48.6 Å². The van der Waals surface area contributed by atoms with Gasteiger partial charge < -0.3 is 19.1 Å². The van der Waals surface area contributed by atoms with Crippen molar-refractivity contribution in [3.63, 3.8) is 0 Å². The van der Waals surface area contributed by atoms with Crippen LogP contribution in [0.15, 0.2) is 48.5 Å². The Bertz CT molecular complexity index is 1340. The van der Waals surface area contributed by atoms with Gasteiger partial charge in [0, 0.05) is 18.7 Å². The number of esters is 1. The van der Waals surface area contributed by atoms with Gasteiger partial charge >= 0.3 is 5.97 Å². The number of tetrazole rings is 1. The fourth-order valence-electron chi connectivity index (χ4n) is 4.16. The van der Waals surface area contributed by atoms with Crippen LogP contribution >= 0.6 is 0 Å². The molecule has 2 aromatic carbocycles. The molecule has 0 amide bonds. The van der Waals surface area contributed by atoms with Crippen molar-refractivity contribution in [2.75, 3.05) is 13.2 Å². The first-order valence-electron chi connectivity index (χ1n) is 12.8. The van der Waals surface area contributed by atoms with Crippen LogP contribution in [0.1, 0.15) is 68.1 Å². The second-order valence-corrected chi connectivity index (χ2v) is 9.54. The van der Waals surface area contributed by atoms with E-state index in [9.17, 15) is 9.90 Å². The fourth-order valence-corrected chi connectivity index (χ4v) is 4.16. The molecule has 0 saturated heterocycles. The van der Waals surface area contributed by atoms with Gasteiger partial charge in [-0.25, -0.2) is 9.78 Å². The Labute approximate surface area is 222 Å². The predicted octanol–water partition coefficient (Wildman–Crippen LogP) is 4.50. The van der Waals surface area contributed by atoms with Crippen LogP contribution in [0.5, 0.6) is 0 Å². The van der Waals surface area contributed by atoms with Crippen LogP contribution in [0, 0.1) is 0 Å². The van der Waals surface area contributed by atoms with Crippen LogP contribution in [-0.2, 0) is 28.2 Å². The Hall–Kier alpha value is -3.89. The number of H-pyrrole nitrogens is 1. The third-order valence-electron chi connectivity index (χ3n) is 5.96. The summed E-state index contributed by atoms with van der Waals surface area (Å²) < 4.78 is 13.1. The van der Waals surface area contributed by atoms with Gasteiger partial charge in [-0.2, -0.15) is 5.21 Å². The lowest BCUT2D eigenvalue weighted by Crippen LogP contribution is -2.23. The Morgan fingerprint density at radius 2 is 1.74 bits per heavy atom. The molecule has 0 fully saturated rings. The fraction of sp³-hybridized carbons (Fsp3) is 0.393. The van der Waals surface area contributed by atoms with Gasteiger partial charge in [0.1, 0.15) is 23.7 Å². The molecule has 0 spiro atoms. The molecule has 2 N–H and O–H groups in total. The first-order chi connectivity index (χ1) is 18.3.